The number of benzene rings is 2. The van der Waals surface area contributed by atoms with Crippen LogP contribution in [0.15, 0.2) is 60.2 Å². The van der Waals surface area contributed by atoms with E-state index in [1.165, 1.54) is 22.3 Å². The third-order valence-electron chi connectivity index (χ3n) is 2.93. The summed E-state index contributed by atoms with van der Waals surface area (Å²) in [5.74, 6) is 0. The van der Waals surface area contributed by atoms with Gasteiger partial charge in [0.05, 0.1) is 0 Å². The first-order valence-corrected chi connectivity index (χ1v) is 5.60. The van der Waals surface area contributed by atoms with Crippen molar-refractivity contribution in [3.63, 3.8) is 0 Å². The van der Waals surface area contributed by atoms with E-state index in [0.29, 0.717) is 0 Å². The lowest BCUT2D eigenvalue weighted by Gasteiger charge is -2.01. The molecule has 0 heterocycles. The highest BCUT2D eigenvalue weighted by Gasteiger charge is 2.11. The molecule has 0 saturated heterocycles. The monoisotopic (exact) mass is 205 g/mol. The van der Waals surface area contributed by atoms with Crippen molar-refractivity contribution >= 4 is 6.08 Å². The number of allylic oxidation sites excluding steroid dienone is 1. The van der Waals surface area contributed by atoms with Crippen LogP contribution >= 0.6 is 0 Å². The van der Waals surface area contributed by atoms with Crippen LogP contribution in [0.2, 0.25) is 0 Å². The van der Waals surface area contributed by atoms with Gasteiger partial charge in [-0.05, 0) is 23.1 Å². The van der Waals surface area contributed by atoms with Gasteiger partial charge in [0.2, 0.25) is 0 Å². The minimum absolute atomic E-state index is 1.02. The Kier molecular flexibility index (Phi) is 2.34. The van der Waals surface area contributed by atoms with Crippen molar-refractivity contribution in [2.75, 3.05) is 0 Å². The molecule has 0 fully saturated rings. The molecule has 0 amide bonds. The van der Waals surface area contributed by atoms with Crippen molar-refractivity contribution in [2.45, 2.75) is 6.42 Å². The maximum absolute atomic E-state index is 2.28. The van der Waals surface area contributed by atoms with Crippen molar-refractivity contribution < 1.29 is 0 Å². The van der Waals surface area contributed by atoms with Crippen LogP contribution in [0.4, 0.5) is 0 Å². The van der Waals surface area contributed by atoms with Crippen LogP contribution in [0.5, 0.6) is 0 Å². The van der Waals surface area contributed by atoms with Gasteiger partial charge in [0.1, 0.15) is 0 Å². The lowest BCUT2D eigenvalue weighted by atomic mass is 10.0. The second-order valence-corrected chi connectivity index (χ2v) is 4.15. The van der Waals surface area contributed by atoms with Gasteiger partial charge in [-0.3, -0.25) is 0 Å². The molecule has 0 bridgehead atoms. The summed E-state index contributed by atoms with van der Waals surface area (Å²) in [6.45, 7) is 0. The molecule has 77 valence electrons. The standard InChI is InChI=1S/C16H13/c1-2-6-13(7-3-1)10-14-11-15-8-4-5-9-16(15)12-14/h1-9,11-12H,10H2. The second kappa shape index (κ2) is 3.97. The summed E-state index contributed by atoms with van der Waals surface area (Å²) in [4.78, 5) is 0. The van der Waals surface area contributed by atoms with Gasteiger partial charge in [0.25, 0.3) is 0 Å². The van der Waals surface area contributed by atoms with E-state index in [0.717, 1.165) is 6.42 Å². The van der Waals surface area contributed by atoms with E-state index in [9.17, 15) is 0 Å². The Morgan fingerprint density at radius 2 is 1.38 bits per heavy atom. The minimum Gasteiger partial charge on any atom is -0.0622 e. The Morgan fingerprint density at radius 1 is 0.688 bits per heavy atom. The molecule has 0 nitrogen and oxygen atoms in total. The Hall–Kier alpha value is -1.82. The molecule has 0 aromatic heterocycles. The lowest BCUT2D eigenvalue weighted by Crippen LogP contribution is -1.88. The first-order valence-electron chi connectivity index (χ1n) is 5.60. The fourth-order valence-electron chi connectivity index (χ4n) is 2.15. The lowest BCUT2D eigenvalue weighted by molar-refractivity contribution is 1.19. The molecular weight excluding hydrogens is 192 g/mol. The third-order valence-corrected chi connectivity index (χ3v) is 2.93. The fourth-order valence-corrected chi connectivity index (χ4v) is 2.15. The van der Waals surface area contributed by atoms with Gasteiger partial charge in [0.15, 0.2) is 0 Å². The molecule has 2 aromatic rings. The second-order valence-electron chi connectivity index (χ2n) is 4.15. The minimum atomic E-state index is 1.02. The van der Waals surface area contributed by atoms with Gasteiger partial charge in [-0.2, -0.15) is 0 Å². The predicted octanol–water partition coefficient (Wildman–Crippen LogP) is 3.88. The molecule has 1 aliphatic rings. The van der Waals surface area contributed by atoms with Crippen molar-refractivity contribution in [2.24, 2.45) is 0 Å². The van der Waals surface area contributed by atoms with Gasteiger partial charge < -0.3 is 0 Å². The van der Waals surface area contributed by atoms with Crippen LogP contribution < -0.4 is 0 Å². The van der Waals surface area contributed by atoms with Crippen molar-refractivity contribution in [3.05, 3.63) is 83.3 Å². The zero-order valence-electron chi connectivity index (χ0n) is 9.06. The number of hydrogen-bond donors (Lipinski definition) is 0. The van der Waals surface area contributed by atoms with Crippen LogP contribution in [0.25, 0.3) is 6.08 Å². The molecule has 0 aliphatic heterocycles. The van der Waals surface area contributed by atoms with Crippen molar-refractivity contribution in [1.82, 2.24) is 0 Å². The first kappa shape index (κ1) is 9.41. The Labute approximate surface area is 96.3 Å². The maximum atomic E-state index is 2.28. The van der Waals surface area contributed by atoms with Gasteiger partial charge in [-0.25, -0.2) is 0 Å². The average Bonchev–Trinajstić information content (AvgIpc) is 2.72. The largest absolute Gasteiger partial charge is 0.0622 e. The highest BCUT2D eigenvalue weighted by Crippen LogP contribution is 2.28. The first-order chi connectivity index (χ1) is 7.92. The number of rotatable bonds is 2. The normalized spacial score (nSPS) is 13.4. The SMILES string of the molecule is [CH]1C(Cc2ccccc2)=Cc2ccccc21. The van der Waals surface area contributed by atoms with E-state index < -0.39 is 0 Å². The molecule has 0 unspecified atom stereocenters. The molecule has 16 heavy (non-hydrogen) atoms. The molecule has 0 N–H and O–H groups in total. The van der Waals surface area contributed by atoms with E-state index in [1.807, 2.05) is 0 Å². The summed E-state index contributed by atoms with van der Waals surface area (Å²) in [6, 6.07) is 19.1. The zero-order valence-corrected chi connectivity index (χ0v) is 9.06. The summed E-state index contributed by atoms with van der Waals surface area (Å²) in [7, 11) is 0. The highest BCUT2D eigenvalue weighted by molar-refractivity contribution is 5.69. The predicted molar refractivity (Wildman–Crippen MR) is 68.0 cm³/mol. The van der Waals surface area contributed by atoms with E-state index >= 15 is 0 Å². The van der Waals surface area contributed by atoms with E-state index in [-0.39, 0.29) is 0 Å². The van der Waals surface area contributed by atoms with E-state index in [4.69, 9.17) is 0 Å². The molecule has 3 rings (SSSR count). The summed E-state index contributed by atoms with van der Waals surface area (Å²) < 4.78 is 0. The quantitative estimate of drug-likeness (QED) is 0.698. The van der Waals surface area contributed by atoms with Crippen LogP contribution in [-0.4, -0.2) is 0 Å². The molecule has 1 aliphatic carbocycles. The van der Waals surface area contributed by atoms with Crippen molar-refractivity contribution in [3.8, 4) is 0 Å². The molecular formula is C16H13. The molecule has 2 aromatic carbocycles. The summed E-state index contributed by atoms with van der Waals surface area (Å²) in [5, 5.41) is 0. The topological polar surface area (TPSA) is 0 Å². The average molecular weight is 205 g/mol. The van der Waals surface area contributed by atoms with Gasteiger partial charge in [-0.15, -0.1) is 0 Å². The molecule has 0 atom stereocenters. The van der Waals surface area contributed by atoms with Gasteiger partial charge in [-0.1, -0.05) is 66.2 Å². The maximum Gasteiger partial charge on any atom is 0.0167 e. The van der Waals surface area contributed by atoms with Crippen LogP contribution in [0.3, 0.4) is 0 Å². The number of fused-ring (bicyclic) bond motifs is 1. The van der Waals surface area contributed by atoms with E-state index in [2.05, 4.69) is 67.1 Å². The highest BCUT2D eigenvalue weighted by atomic mass is 14.2. The summed E-state index contributed by atoms with van der Waals surface area (Å²) in [5.41, 5.74) is 5.45. The zero-order chi connectivity index (χ0) is 10.8. The van der Waals surface area contributed by atoms with Crippen LogP contribution in [-0.2, 0) is 6.42 Å². The Morgan fingerprint density at radius 3 is 2.12 bits per heavy atom. The van der Waals surface area contributed by atoms with E-state index in [1.54, 1.807) is 0 Å². The third kappa shape index (κ3) is 1.79. The molecule has 0 spiro atoms. The molecule has 0 heteroatoms. The fraction of sp³-hybridized carbons (Fsp3) is 0.0625. The molecule has 0 saturated carbocycles. The Bertz CT molecular complexity index is 521. The van der Waals surface area contributed by atoms with Gasteiger partial charge >= 0.3 is 0 Å². The van der Waals surface area contributed by atoms with Gasteiger partial charge in [0, 0.05) is 6.42 Å². The summed E-state index contributed by atoms with van der Waals surface area (Å²) in [6.07, 6.45) is 5.58. The smallest absolute Gasteiger partial charge is 0.0167 e. The van der Waals surface area contributed by atoms with Crippen molar-refractivity contribution in [1.29, 1.82) is 0 Å². The van der Waals surface area contributed by atoms with Crippen LogP contribution in [0.1, 0.15) is 16.7 Å². The molecule has 1 radical (unpaired) electrons. The number of hydrogen-bond acceptors (Lipinski definition) is 0. The summed E-state index contributed by atoms with van der Waals surface area (Å²) >= 11 is 0. The Balaban J connectivity index is 1.81. The van der Waals surface area contributed by atoms with Crippen LogP contribution in [0, 0.1) is 6.42 Å².